The van der Waals surface area contributed by atoms with Crippen molar-refractivity contribution in [2.45, 2.75) is 37.8 Å². The summed E-state index contributed by atoms with van der Waals surface area (Å²) in [5.41, 5.74) is 2.31. The van der Waals surface area contributed by atoms with Crippen LogP contribution in [0.5, 0.6) is 0 Å². The predicted octanol–water partition coefficient (Wildman–Crippen LogP) is 2.52. The zero-order valence-corrected chi connectivity index (χ0v) is 11.9. The molecule has 0 aliphatic heterocycles. The number of hydrogen-bond donors (Lipinski definition) is 1. The Balaban J connectivity index is 1.87. The van der Waals surface area contributed by atoms with E-state index in [4.69, 9.17) is 5.26 Å². The van der Waals surface area contributed by atoms with Crippen LogP contribution < -0.4 is 5.32 Å². The molecule has 1 aromatic carbocycles. The number of benzene rings is 1. The molecule has 19 heavy (non-hydrogen) atoms. The molecule has 1 aliphatic rings. The van der Waals surface area contributed by atoms with Crippen molar-refractivity contribution < 1.29 is 0 Å². The lowest BCUT2D eigenvalue weighted by Gasteiger charge is -2.36. The van der Waals surface area contributed by atoms with Gasteiger partial charge in [-0.1, -0.05) is 25.0 Å². The molecule has 0 atom stereocenters. The van der Waals surface area contributed by atoms with E-state index in [0.717, 1.165) is 18.7 Å². The standard InChI is InChI=1S/C16H23N3/c1-19(2)16(9-3-4-10-16)13-18-12-15-7-5-14(11-17)6-8-15/h5-8,18H,3-4,9-10,12-13H2,1-2H3. The van der Waals surface area contributed by atoms with Crippen molar-refractivity contribution in [3.63, 3.8) is 0 Å². The maximum absolute atomic E-state index is 8.77. The van der Waals surface area contributed by atoms with Crippen LogP contribution in [-0.4, -0.2) is 31.1 Å². The van der Waals surface area contributed by atoms with Crippen molar-refractivity contribution in [2.24, 2.45) is 0 Å². The van der Waals surface area contributed by atoms with Gasteiger partial charge in [-0.25, -0.2) is 0 Å². The van der Waals surface area contributed by atoms with Gasteiger partial charge in [0.05, 0.1) is 11.6 Å². The average molecular weight is 257 g/mol. The first-order valence-corrected chi connectivity index (χ1v) is 7.03. The molecule has 0 heterocycles. The lowest BCUT2D eigenvalue weighted by Crippen LogP contribution is -2.49. The quantitative estimate of drug-likeness (QED) is 0.881. The summed E-state index contributed by atoms with van der Waals surface area (Å²) in [7, 11) is 4.38. The number of hydrogen-bond acceptors (Lipinski definition) is 3. The van der Waals surface area contributed by atoms with E-state index in [1.54, 1.807) is 0 Å². The van der Waals surface area contributed by atoms with Gasteiger partial charge in [0, 0.05) is 18.6 Å². The molecule has 0 saturated heterocycles. The van der Waals surface area contributed by atoms with E-state index in [-0.39, 0.29) is 0 Å². The van der Waals surface area contributed by atoms with Crippen LogP contribution in [0.15, 0.2) is 24.3 Å². The number of nitriles is 1. The topological polar surface area (TPSA) is 39.1 Å². The van der Waals surface area contributed by atoms with Crippen LogP contribution >= 0.6 is 0 Å². The highest BCUT2D eigenvalue weighted by molar-refractivity contribution is 5.31. The summed E-state index contributed by atoms with van der Waals surface area (Å²) in [6, 6.07) is 9.98. The first kappa shape index (κ1) is 14.0. The number of nitrogens with zero attached hydrogens (tertiary/aromatic N) is 2. The smallest absolute Gasteiger partial charge is 0.0991 e. The zero-order chi connectivity index (χ0) is 13.7. The van der Waals surface area contributed by atoms with Crippen molar-refractivity contribution in [3.05, 3.63) is 35.4 Å². The largest absolute Gasteiger partial charge is 0.311 e. The van der Waals surface area contributed by atoms with Gasteiger partial charge >= 0.3 is 0 Å². The molecular formula is C16H23N3. The van der Waals surface area contributed by atoms with Crippen LogP contribution in [0.3, 0.4) is 0 Å². The summed E-state index contributed by atoms with van der Waals surface area (Å²) in [6.45, 7) is 1.92. The van der Waals surface area contributed by atoms with Gasteiger partial charge in [0.25, 0.3) is 0 Å². The first-order valence-electron chi connectivity index (χ1n) is 7.03. The van der Waals surface area contributed by atoms with Gasteiger partial charge in [-0.2, -0.15) is 5.26 Å². The van der Waals surface area contributed by atoms with E-state index in [1.165, 1.54) is 31.2 Å². The second-order valence-corrected chi connectivity index (χ2v) is 5.74. The Bertz CT molecular complexity index is 436. The number of likely N-dealkylation sites (N-methyl/N-ethyl adjacent to an activating group) is 1. The summed E-state index contributed by atoms with van der Waals surface area (Å²) in [4.78, 5) is 2.38. The van der Waals surface area contributed by atoms with Crippen molar-refractivity contribution in [3.8, 4) is 6.07 Å². The molecule has 3 heteroatoms. The normalized spacial score (nSPS) is 17.6. The molecule has 2 rings (SSSR count). The van der Waals surface area contributed by atoms with Crippen molar-refractivity contribution >= 4 is 0 Å². The molecule has 0 amide bonds. The van der Waals surface area contributed by atoms with Gasteiger partial charge in [0.1, 0.15) is 0 Å². The molecule has 0 aromatic heterocycles. The highest BCUT2D eigenvalue weighted by Crippen LogP contribution is 2.33. The Morgan fingerprint density at radius 2 is 1.84 bits per heavy atom. The molecule has 1 saturated carbocycles. The summed E-state index contributed by atoms with van der Waals surface area (Å²) in [5.74, 6) is 0. The van der Waals surface area contributed by atoms with Gasteiger partial charge in [-0.05, 0) is 44.6 Å². The van der Waals surface area contributed by atoms with Crippen LogP contribution in [-0.2, 0) is 6.54 Å². The minimum atomic E-state index is 0.340. The van der Waals surface area contributed by atoms with Crippen LogP contribution in [0, 0.1) is 11.3 Å². The molecule has 1 N–H and O–H groups in total. The molecule has 1 aromatic rings. The van der Waals surface area contributed by atoms with Gasteiger partial charge in [0.15, 0.2) is 0 Å². The third-order valence-corrected chi connectivity index (χ3v) is 4.35. The first-order chi connectivity index (χ1) is 9.16. The summed E-state index contributed by atoms with van der Waals surface area (Å²) < 4.78 is 0. The molecule has 3 nitrogen and oxygen atoms in total. The highest BCUT2D eigenvalue weighted by atomic mass is 15.2. The molecule has 102 valence electrons. The molecule has 0 bridgehead atoms. The Hall–Kier alpha value is -1.37. The number of nitrogens with one attached hydrogen (secondary N) is 1. The van der Waals surface area contributed by atoms with E-state index < -0.39 is 0 Å². The van der Waals surface area contributed by atoms with E-state index in [9.17, 15) is 0 Å². The Morgan fingerprint density at radius 3 is 2.37 bits per heavy atom. The van der Waals surface area contributed by atoms with Gasteiger partial charge in [-0.15, -0.1) is 0 Å². The van der Waals surface area contributed by atoms with E-state index in [0.29, 0.717) is 5.54 Å². The van der Waals surface area contributed by atoms with Gasteiger partial charge < -0.3 is 10.2 Å². The highest BCUT2D eigenvalue weighted by Gasteiger charge is 2.35. The Kier molecular flexibility index (Phi) is 4.57. The van der Waals surface area contributed by atoms with Crippen LogP contribution in [0.1, 0.15) is 36.8 Å². The van der Waals surface area contributed by atoms with E-state index >= 15 is 0 Å². The van der Waals surface area contributed by atoms with Crippen molar-refractivity contribution in [1.82, 2.24) is 10.2 Å². The van der Waals surface area contributed by atoms with Crippen molar-refractivity contribution in [1.29, 1.82) is 5.26 Å². The van der Waals surface area contributed by atoms with Crippen LogP contribution in [0.4, 0.5) is 0 Å². The van der Waals surface area contributed by atoms with Crippen molar-refractivity contribution in [2.75, 3.05) is 20.6 Å². The zero-order valence-electron chi connectivity index (χ0n) is 11.9. The third kappa shape index (κ3) is 3.34. The van der Waals surface area contributed by atoms with Crippen LogP contribution in [0.25, 0.3) is 0 Å². The maximum Gasteiger partial charge on any atom is 0.0991 e. The molecule has 1 fully saturated rings. The fourth-order valence-electron chi connectivity index (χ4n) is 2.95. The fourth-order valence-corrected chi connectivity index (χ4v) is 2.95. The molecule has 0 radical (unpaired) electrons. The van der Waals surface area contributed by atoms with Gasteiger partial charge in [0.2, 0.25) is 0 Å². The second kappa shape index (κ2) is 6.18. The summed E-state index contributed by atoms with van der Waals surface area (Å²) in [5, 5.41) is 12.4. The Labute approximate surface area is 116 Å². The van der Waals surface area contributed by atoms with E-state index in [2.05, 4.69) is 30.4 Å². The molecule has 0 spiro atoms. The minimum absolute atomic E-state index is 0.340. The summed E-state index contributed by atoms with van der Waals surface area (Å²) >= 11 is 0. The SMILES string of the molecule is CN(C)C1(CNCc2ccc(C#N)cc2)CCCC1. The fraction of sp³-hybridized carbons (Fsp3) is 0.562. The second-order valence-electron chi connectivity index (χ2n) is 5.74. The van der Waals surface area contributed by atoms with Crippen LogP contribution in [0.2, 0.25) is 0 Å². The number of rotatable bonds is 5. The predicted molar refractivity (Wildman–Crippen MR) is 77.7 cm³/mol. The third-order valence-electron chi connectivity index (χ3n) is 4.35. The lowest BCUT2D eigenvalue weighted by molar-refractivity contribution is 0.153. The molecule has 0 unspecified atom stereocenters. The van der Waals surface area contributed by atoms with Gasteiger partial charge in [-0.3, -0.25) is 0 Å². The molecular weight excluding hydrogens is 234 g/mol. The lowest BCUT2D eigenvalue weighted by atomic mass is 9.96. The average Bonchev–Trinajstić information content (AvgIpc) is 2.90. The Morgan fingerprint density at radius 1 is 1.21 bits per heavy atom. The monoisotopic (exact) mass is 257 g/mol. The molecule has 1 aliphatic carbocycles. The summed E-state index contributed by atoms with van der Waals surface area (Å²) in [6.07, 6.45) is 5.27. The van der Waals surface area contributed by atoms with E-state index in [1.807, 2.05) is 24.3 Å². The maximum atomic E-state index is 8.77. The minimum Gasteiger partial charge on any atom is -0.311 e.